The summed E-state index contributed by atoms with van der Waals surface area (Å²) in [5, 5.41) is 15.0. The maximum absolute atomic E-state index is 9.95. The SMILES string of the molecule is Oc1ccc(-c2c3ccccc3c(I)c3sc4ccccc4c23)cc1Br. The second-order valence-corrected chi connectivity index (χ2v) is 9.19. The first-order valence-electron chi connectivity index (χ1n) is 8.15. The van der Waals surface area contributed by atoms with Gasteiger partial charge in [-0.1, -0.05) is 48.5 Å². The van der Waals surface area contributed by atoms with E-state index in [0.717, 1.165) is 5.56 Å². The van der Waals surface area contributed by atoms with Crippen LogP contribution in [-0.4, -0.2) is 5.11 Å². The summed E-state index contributed by atoms with van der Waals surface area (Å²) < 4.78 is 4.64. The first-order chi connectivity index (χ1) is 12.6. The van der Waals surface area contributed by atoms with Crippen LogP contribution in [-0.2, 0) is 0 Å². The molecule has 0 saturated carbocycles. The van der Waals surface area contributed by atoms with Gasteiger partial charge in [-0.15, -0.1) is 11.3 Å². The van der Waals surface area contributed by atoms with Crippen LogP contribution in [0.4, 0.5) is 0 Å². The molecule has 0 aliphatic heterocycles. The van der Waals surface area contributed by atoms with Crippen LogP contribution in [0.3, 0.4) is 0 Å². The molecule has 26 heavy (non-hydrogen) atoms. The molecule has 0 aliphatic rings. The molecule has 4 heteroatoms. The van der Waals surface area contributed by atoms with E-state index in [2.05, 4.69) is 87.1 Å². The van der Waals surface area contributed by atoms with Crippen LogP contribution < -0.4 is 0 Å². The van der Waals surface area contributed by atoms with Gasteiger partial charge in [0.15, 0.2) is 0 Å². The van der Waals surface area contributed by atoms with Crippen molar-refractivity contribution in [3.05, 3.63) is 74.8 Å². The maximum Gasteiger partial charge on any atom is 0.129 e. The van der Waals surface area contributed by atoms with Crippen molar-refractivity contribution in [1.82, 2.24) is 0 Å². The minimum atomic E-state index is 0.259. The average molecular weight is 531 g/mol. The molecule has 0 aliphatic carbocycles. The smallest absolute Gasteiger partial charge is 0.129 e. The molecule has 5 rings (SSSR count). The highest BCUT2D eigenvalue weighted by atomic mass is 127. The van der Waals surface area contributed by atoms with E-state index in [1.54, 1.807) is 6.07 Å². The molecule has 0 radical (unpaired) electrons. The van der Waals surface area contributed by atoms with Gasteiger partial charge in [0.2, 0.25) is 0 Å². The lowest BCUT2D eigenvalue weighted by molar-refractivity contribution is 0.472. The number of phenols is 1. The summed E-state index contributed by atoms with van der Waals surface area (Å²) in [5.41, 5.74) is 2.34. The molecule has 4 aromatic carbocycles. The largest absolute Gasteiger partial charge is 0.507 e. The molecule has 0 saturated heterocycles. The fraction of sp³-hybridized carbons (Fsp3) is 0. The van der Waals surface area contributed by atoms with Gasteiger partial charge in [-0.2, -0.15) is 0 Å². The van der Waals surface area contributed by atoms with Crippen LogP contribution in [0.15, 0.2) is 71.2 Å². The highest BCUT2D eigenvalue weighted by Crippen LogP contribution is 2.47. The van der Waals surface area contributed by atoms with Crippen LogP contribution >= 0.6 is 49.9 Å². The van der Waals surface area contributed by atoms with E-state index in [1.807, 2.05) is 23.5 Å². The molecule has 0 atom stereocenters. The Kier molecular flexibility index (Phi) is 3.95. The van der Waals surface area contributed by atoms with Gasteiger partial charge in [0.25, 0.3) is 0 Å². The van der Waals surface area contributed by atoms with Crippen molar-refractivity contribution in [2.45, 2.75) is 0 Å². The minimum Gasteiger partial charge on any atom is -0.507 e. The standard InChI is InChI=1S/C22H12BrIOS/c23-16-11-12(9-10-17(16)25)19-13-5-1-2-6-14(13)21(24)22-20(19)15-7-3-4-8-18(15)26-22/h1-11,25H. The summed E-state index contributed by atoms with van der Waals surface area (Å²) in [6.07, 6.45) is 0. The zero-order valence-corrected chi connectivity index (χ0v) is 18.0. The maximum atomic E-state index is 9.95. The summed E-state index contributed by atoms with van der Waals surface area (Å²) in [7, 11) is 0. The predicted octanol–water partition coefficient (Wildman–Crippen LogP) is 7.95. The minimum absolute atomic E-state index is 0.259. The van der Waals surface area contributed by atoms with Crippen molar-refractivity contribution in [3.63, 3.8) is 0 Å². The zero-order chi connectivity index (χ0) is 17.8. The Morgan fingerprint density at radius 3 is 2.31 bits per heavy atom. The van der Waals surface area contributed by atoms with Crippen molar-refractivity contribution in [3.8, 4) is 16.9 Å². The fourth-order valence-corrected chi connectivity index (χ4v) is 6.17. The average Bonchev–Trinajstić information content (AvgIpc) is 3.05. The van der Waals surface area contributed by atoms with Gasteiger partial charge in [-0.25, -0.2) is 0 Å². The van der Waals surface area contributed by atoms with E-state index in [1.165, 1.54) is 40.1 Å². The van der Waals surface area contributed by atoms with Crippen LogP contribution in [0.2, 0.25) is 0 Å². The second kappa shape index (κ2) is 6.22. The lowest BCUT2D eigenvalue weighted by atomic mass is 9.93. The molecule has 0 unspecified atom stereocenters. The van der Waals surface area contributed by atoms with Crippen molar-refractivity contribution < 1.29 is 5.11 Å². The number of phenolic OH excluding ortho intramolecular Hbond substituents is 1. The van der Waals surface area contributed by atoms with Crippen LogP contribution in [0.1, 0.15) is 0 Å². The predicted molar refractivity (Wildman–Crippen MR) is 124 cm³/mol. The van der Waals surface area contributed by atoms with Crippen LogP contribution in [0.25, 0.3) is 42.1 Å². The van der Waals surface area contributed by atoms with E-state index < -0.39 is 0 Å². The summed E-state index contributed by atoms with van der Waals surface area (Å²) in [6, 6.07) is 22.9. The van der Waals surface area contributed by atoms with Gasteiger partial charge in [0.05, 0.1) is 9.17 Å². The normalized spacial score (nSPS) is 11.6. The van der Waals surface area contributed by atoms with Gasteiger partial charge in [-0.3, -0.25) is 0 Å². The summed E-state index contributed by atoms with van der Waals surface area (Å²) in [5.74, 6) is 0.259. The summed E-state index contributed by atoms with van der Waals surface area (Å²) in [4.78, 5) is 0. The lowest BCUT2D eigenvalue weighted by Gasteiger charge is -2.13. The van der Waals surface area contributed by atoms with Crippen molar-refractivity contribution in [1.29, 1.82) is 0 Å². The van der Waals surface area contributed by atoms with E-state index in [4.69, 9.17) is 0 Å². The van der Waals surface area contributed by atoms with Crippen molar-refractivity contribution in [2.24, 2.45) is 0 Å². The van der Waals surface area contributed by atoms with Crippen molar-refractivity contribution in [2.75, 3.05) is 0 Å². The number of benzene rings is 4. The molecule has 126 valence electrons. The van der Waals surface area contributed by atoms with Gasteiger partial charge < -0.3 is 5.11 Å². The Morgan fingerprint density at radius 1 is 0.846 bits per heavy atom. The zero-order valence-electron chi connectivity index (χ0n) is 13.5. The van der Waals surface area contributed by atoms with Gasteiger partial charge >= 0.3 is 0 Å². The topological polar surface area (TPSA) is 20.2 Å². The van der Waals surface area contributed by atoms with E-state index in [0.29, 0.717) is 4.47 Å². The van der Waals surface area contributed by atoms with Crippen LogP contribution in [0.5, 0.6) is 5.75 Å². The number of hydrogen-bond acceptors (Lipinski definition) is 2. The summed E-state index contributed by atoms with van der Waals surface area (Å²) in [6.45, 7) is 0. The first kappa shape index (κ1) is 16.5. The summed E-state index contributed by atoms with van der Waals surface area (Å²) >= 11 is 7.81. The highest BCUT2D eigenvalue weighted by molar-refractivity contribution is 14.1. The first-order valence-corrected chi connectivity index (χ1v) is 10.8. The number of fused-ring (bicyclic) bond motifs is 4. The third-order valence-corrected chi connectivity index (χ3v) is 8.02. The fourth-order valence-electron chi connectivity index (χ4n) is 3.56. The third kappa shape index (κ3) is 2.39. The number of hydrogen-bond donors (Lipinski definition) is 1. The van der Waals surface area contributed by atoms with Crippen molar-refractivity contribution >= 4 is 80.8 Å². The highest BCUT2D eigenvalue weighted by Gasteiger charge is 2.18. The van der Waals surface area contributed by atoms with Gasteiger partial charge in [0.1, 0.15) is 5.75 Å². The Labute approximate surface area is 176 Å². The molecule has 0 amide bonds. The molecule has 1 nitrogen and oxygen atoms in total. The molecule has 0 spiro atoms. The monoisotopic (exact) mass is 530 g/mol. The third-order valence-electron chi connectivity index (χ3n) is 4.71. The molecule has 0 bridgehead atoms. The molecular weight excluding hydrogens is 519 g/mol. The van der Waals surface area contributed by atoms with E-state index >= 15 is 0 Å². The molecule has 1 N–H and O–H groups in total. The lowest BCUT2D eigenvalue weighted by Crippen LogP contribution is -1.87. The number of rotatable bonds is 1. The Morgan fingerprint density at radius 2 is 1.54 bits per heavy atom. The number of aromatic hydroxyl groups is 1. The van der Waals surface area contributed by atoms with E-state index in [-0.39, 0.29) is 5.75 Å². The number of halogens is 2. The Balaban J connectivity index is 2.07. The van der Waals surface area contributed by atoms with Crippen LogP contribution in [0, 0.1) is 3.57 Å². The Bertz CT molecular complexity index is 1320. The molecule has 1 heterocycles. The molecule has 5 aromatic rings. The quantitative estimate of drug-likeness (QED) is 0.218. The molecular formula is C22H12BrIOS. The van der Waals surface area contributed by atoms with Gasteiger partial charge in [0, 0.05) is 19.0 Å². The molecule has 0 fully saturated rings. The number of thiophene rings is 1. The Hall–Kier alpha value is -1.63. The van der Waals surface area contributed by atoms with Gasteiger partial charge in [-0.05, 0) is 78.6 Å². The van der Waals surface area contributed by atoms with E-state index in [9.17, 15) is 5.11 Å². The second-order valence-electron chi connectivity index (χ2n) is 6.20. The molecule has 1 aromatic heterocycles.